The monoisotopic (exact) mass is 417 g/mol. The number of likely N-dealkylation sites (tertiary alicyclic amines) is 2. The zero-order valence-corrected chi connectivity index (χ0v) is 17.6. The number of hydrogen-bond donors (Lipinski definition) is 0. The van der Waals surface area contributed by atoms with Gasteiger partial charge in [0.1, 0.15) is 12.6 Å². The number of amides is 2. The minimum absolute atomic E-state index is 0.0186. The van der Waals surface area contributed by atoms with Crippen molar-refractivity contribution < 1.29 is 9.59 Å². The van der Waals surface area contributed by atoms with Crippen molar-refractivity contribution >= 4 is 33.6 Å². The number of pyridine rings is 1. The Kier molecular flexibility index (Phi) is 5.22. The van der Waals surface area contributed by atoms with E-state index in [-0.39, 0.29) is 29.8 Å². The summed E-state index contributed by atoms with van der Waals surface area (Å²) in [5.41, 5.74) is 1.48. The number of piperidine rings is 1. The van der Waals surface area contributed by atoms with Gasteiger partial charge in [-0.1, -0.05) is 24.3 Å². The van der Waals surface area contributed by atoms with Gasteiger partial charge in [-0.15, -0.1) is 0 Å². The lowest BCUT2D eigenvalue weighted by molar-refractivity contribution is -0.147. The Hall–Kier alpha value is -3.15. The van der Waals surface area contributed by atoms with Crippen molar-refractivity contribution in [3.05, 3.63) is 58.8 Å². The van der Waals surface area contributed by atoms with Gasteiger partial charge in [-0.3, -0.25) is 14.4 Å². The smallest absolute Gasteiger partial charge is 0.245 e. The topological polar surface area (TPSA) is 62.6 Å². The van der Waals surface area contributed by atoms with Gasteiger partial charge in [0, 0.05) is 30.4 Å². The summed E-state index contributed by atoms with van der Waals surface area (Å²) < 4.78 is 1.93. The van der Waals surface area contributed by atoms with Gasteiger partial charge in [0.2, 0.25) is 11.8 Å². The van der Waals surface area contributed by atoms with Gasteiger partial charge in [0.05, 0.1) is 11.0 Å². The van der Waals surface area contributed by atoms with E-state index in [2.05, 4.69) is 0 Å². The van der Waals surface area contributed by atoms with Gasteiger partial charge in [-0.05, 0) is 56.4 Å². The molecule has 2 aliphatic heterocycles. The van der Waals surface area contributed by atoms with E-state index in [1.807, 2.05) is 58.0 Å². The van der Waals surface area contributed by atoms with Crippen LogP contribution < -0.4 is 5.43 Å². The summed E-state index contributed by atoms with van der Waals surface area (Å²) in [5.74, 6) is 0.0383. The quantitative estimate of drug-likeness (QED) is 0.615. The molecule has 2 fully saturated rings. The lowest BCUT2D eigenvalue weighted by Crippen LogP contribution is -2.53. The highest BCUT2D eigenvalue weighted by Crippen LogP contribution is 2.24. The summed E-state index contributed by atoms with van der Waals surface area (Å²) in [6.45, 7) is 2.32. The highest BCUT2D eigenvalue weighted by molar-refractivity contribution is 5.95. The van der Waals surface area contributed by atoms with Crippen LogP contribution in [0, 0.1) is 0 Å². The zero-order valence-electron chi connectivity index (χ0n) is 17.6. The van der Waals surface area contributed by atoms with Crippen molar-refractivity contribution in [3.8, 4) is 0 Å². The Morgan fingerprint density at radius 3 is 2.03 bits per heavy atom. The average Bonchev–Trinajstić information content (AvgIpc) is 3.36. The van der Waals surface area contributed by atoms with Crippen LogP contribution in [0.1, 0.15) is 32.1 Å². The fraction of sp³-hybridized carbons (Fsp3) is 0.400. The second kappa shape index (κ2) is 8.17. The number of carbonyl (C=O) groups excluding carboxylic acids is 2. The first kappa shape index (κ1) is 19.8. The fourth-order valence-corrected chi connectivity index (χ4v) is 5.11. The summed E-state index contributed by atoms with van der Waals surface area (Å²) in [5, 5.41) is 1.22. The number of fused-ring (bicyclic) bond motifs is 2. The summed E-state index contributed by atoms with van der Waals surface area (Å²) in [6.07, 6.45) is 4.70. The molecule has 1 unspecified atom stereocenters. The molecule has 0 aliphatic carbocycles. The molecular weight excluding hydrogens is 390 g/mol. The van der Waals surface area contributed by atoms with Crippen LogP contribution in [-0.2, 0) is 16.1 Å². The maximum Gasteiger partial charge on any atom is 0.245 e. The molecule has 31 heavy (non-hydrogen) atoms. The standard InChI is InChI=1S/C25H27N3O3/c29-23(27-16-6-5-13-22(27)25(31)26-14-7-8-15-26)17-28-20-11-3-1-9-18(20)24(30)19-10-2-4-12-21(19)28/h1-4,9-12,22H,5-8,13-17H2. The first-order valence-corrected chi connectivity index (χ1v) is 11.2. The molecule has 6 heteroatoms. The molecule has 160 valence electrons. The molecule has 0 radical (unpaired) electrons. The third-order valence-corrected chi connectivity index (χ3v) is 6.70. The summed E-state index contributed by atoms with van der Waals surface area (Å²) in [6, 6.07) is 14.5. The molecule has 1 atom stereocenters. The van der Waals surface area contributed by atoms with Crippen LogP contribution in [0.3, 0.4) is 0 Å². The average molecular weight is 418 g/mol. The highest BCUT2D eigenvalue weighted by Gasteiger charge is 2.35. The van der Waals surface area contributed by atoms with Crippen LogP contribution >= 0.6 is 0 Å². The maximum absolute atomic E-state index is 13.5. The molecule has 2 aliphatic rings. The molecule has 3 aromatic rings. The molecule has 0 saturated carbocycles. The molecule has 2 amide bonds. The fourth-order valence-electron chi connectivity index (χ4n) is 5.11. The largest absolute Gasteiger partial charge is 0.341 e. The number of rotatable bonds is 3. The lowest BCUT2D eigenvalue weighted by Gasteiger charge is -2.37. The normalized spacial score (nSPS) is 19.3. The van der Waals surface area contributed by atoms with Crippen molar-refractivity contribution in [1.29, 1.82) is 0 Å². The minimum atomic E-state index is -0.365. The van der Waals surface area contributed by atoms with Crippen LogP contribution in [0.25, 0.3) is 21.8 Å². The van der Waals surface area contributed by atoms with Gasteiger partial charge in [0.15, 0.2) is 5.43 Å². The summed E-state index contributed by atoms with van der Waals surface area (Å²) >= 11 is 0. The number of nitrogens with zero attached hydrogens (tertiary/aromatic N) is 3. The van der Waals surface area contributed by atoms with Crippen LogP contribution in [0.4, 0.5) is 0 Å². The van der Waals surface area contributed by atoms with E-state index in [4.69, 9.17) is 0 Å². The van der Waals surface area contributed by atoms with Crippen molar-refractivity contribution in [2.75, 3.05) is 19.6 Å². The number of para-hydroxylation sites is 2. The van der Waals surface area contributed by atoms with E-state index in [1.54, 1.807) is 4.90 Å². The molecule has 0 spiro atoms. The Bertz CT molecular complexity index is 1150. The number of benzene rings is 2. The van der Waals surface area contributed by atoms with Gasteiger partial charge in [-0.25, -0.2) is 0 Å². The minimum Gasteiger partial charge on any atom is -0.341 e. The zero-order chi connectivity index (χ0) is 21.4. The molecule has 6 nitrogen and oxygen atoms in total. The van der Waals surface area contributed by atoms with Crippen LogP contribution in [-0.4, -0.2) is 51.9 Å². The molecule has 2 aromatic carbocycles. The number of aromatic nitrogens is 1. The molecule has 0 N–H and O–H groups in total. The van der Waals surface area contributed by atoms with Crippen LogP contribution in [0.15, 0.2) is 53.3 Å². The SMILES string of the molecule is O=C(C1CCCCN1C(=O)Cn1c2ccccc2c(=O)c2ccccc21)N1CCCC1. The van der Waals surface area contributed by atoms with E-state index in [0.29, 0.717) is 17.3 Å². The van der Waals surface area contributed by atoms with Crippen molar-refractivity contribution in [2.45, 2.75) is 44.7 Å². The lowest BCUT2D eigenvalue weighted by atomic mass is 10.0. The third-order valence-electron chi connectivity index (χ3n) is 6.70. The van der Waals surface area contributed by atoms with Crippen molar-refractivity contribution in [2.24, 2.45) is 0 Å². The summed E-state index contributed by atoms with van der Waals surface area (Å²) in [7, 11) is 0. The van der Waals surface area contributed by atoms with E-state index < -0.39 is 0 Å². The summed E-state index contributed by atoms with van der Waals surface area (Å²) in [4.78, 5) is 43.3. The Balaban J connectivity index is 1.52. The Morgan fingerprint density at radius 1 is 0.806 bits per heavy atom. The first-order valence-electron chi connectivity index (χ1n) is 11.2. The van der Waals surface area contributed by atoms with E-state index in [0.717, 1.165) is 56.2 Å². The molecule has 0 bridgehead atoms. The second-order valence-electron chi connectivity index (χ2n) is 8.58. The third kappa shape index (κ3) is 3.50. The Morgan fingerprint density at radius 2 is 1.39 bits per heavy atom. The van der Waals surface area contributed by atoms with Gasteiger partial charge in [0.25, 0.3) is 0 Å². The molecule has 1 aromatic heterocycles. The van der Waals surface area contributed by atoms with E-state index in [9.17, 15) is 14.4 Å². The maximum atomic E-state index is 13.5. The Labute approximate surface area is 181 Å². The first-order chi connectivity index (χ1) is 15.1. The molecule has 2 saturated heterocycles. The second-order valence-corrected chi connectivity index (χ2v) is 8.58. The molecular formula is C25H27N3O3. The molecule has 5 rings (SSSR count). The predicted octanol–water partition coefficient (Wildman–Crippen LogP) is 3.16. The van der Waals surface area contributed by atoms with Gasteiger partial charge in [-0.2, -0.15) is 0 Å². The number of hydrogen-bond acceptors (Lipinski definition) is 3. The number of carbonyl (C=O) groups is 2. The molecule has 3 heterocycles. The van der Waals surface area contributed by atoms with Crippen molar-refractivity contribution in [3.63, 3.8) is 0 Å². The van der Waals surface area contributed by atoms with E-state index in [1.165, 1.54) is 0 Å². The van der Waals surface area contributed by atoms with Gasteiger partial charge < -0.3 is 14.4 Å². The predicted molar refractivity (Wildman–Crippen MR) is 121 cm³/mol. The van der Waals surface area contributed by atoms with Crippen LogP contribution in [0.5, 0.6) is 0 Å². The van der Waals surface area contributed by atoms with Crippen LogP contribution in [0.2, 0.25) is 0 Å². The van der Waals surface area contributed by atoms with E-state index >= 15 is 0 Å². The highest BCUT2D eigenvalue weighted by atomic mass is 16.2. The van der Waals surface area contributed by atoms with Gasteiger partial charge >= 0.3 is 0 Å². The van der Waals surface area contributed by atoms with Crippen molar-refractivity contribution in [1.82, 2.24) is 14.4 Å².